The summed E-state index contributed by atoms with van der Waals surface area (Å²) in [6.07, 6.45) is 3.27. The predicted molar refractivity (Wildman–Crippen MR) is 110 cm³/mol. The van der Waals surface area contributed by atoms with Crippen LogP contribution < -0.4 is 14.2 Å². The largest absolute Gasteiger partial charge is 0.496 e. The molecular formula is C24H20N2O4. The first-order valence-corrected chi connectivity index (χ1v) is 9.56. The van der Waals surface area contributed by atoms with E-state index in [1.807, 2.05) is 25.1 Å². The zero-order valence-electron chi connectivity index (χ0n) is 16.7. The molecule has 0 fully saturated rings. The van der Waals surface area contributed by atoms with Crippen molar-refractivity contribution >= 4 is 5.78 Å². The number of pyridine rings is 1. The van der Waals surface area contributed by atoms with Gasteiger partial charge < -0.3 is 14.2 Å². The molecule has 0 radical (unpaired) electrons. The maximum Gasteiger partial charge on any atom is 0.170 e. The van der Waals surface area contributed by atoms with E-state index < -0.39 is 6.10 Å². The Labute approximate surface area is 174 Å². The van der Waals surface area contributed by atoms with E-state index in [9.17, 15) is 10.1 Å². The molecule has 1 aliphatic heterocycles. The van der Waals surface area contributed by atoms with Gasteiger partial charge in [-0.15, -0.1) is 0 Å². The Balaban J connectivity index is 1.80. The zero-order valence-corrected chi connectivity index (χ0v) is 16.7. The first-order valence-electron chi connectivity index (χ1n) is 9.56. The minimum absolute atomic E-state index is 0.0744. The van der Waals surface area contributed by atoms with Gasteiger partial charge in [0.1, 0.15) is 17.2 Å². The van der Waals surface area contributed by atoms with E-state index in [4.69, 9.17) is 14.2 Å². The topological polar surface area (TPSA) is 81.4 Å². The van der Waals surface area contributed by atoms with E-state index in [0.29, 0.717) is 41.4 Å². The zero-order chi connectivity index (χ0) is 21.1. The molecule has 1 atom stereocenters. The second-order valence-corrected chi connectivity index (χ2v) is 6.93. The highest BCUT2D eigenvalue weighted by Gasteiger charge is 2.26. The summed E-state index contributed by atoms with van der Waals surface area (Å²) in [4.78, 5) is 16.3. The lowest BCUT2D eigenvalue weighted by molar-refractivity contribution is 0.0932. The van der Waals surface area contributed by atoms with Gasteiger partial charge in [-0.1, -0.05) is 0 Å². The number of methoxy groups -OCH3 is 1. The minimum Gasteiger partial charge on any atom is -0.496 e. The number of nitrogens with zero attached hydrogens (tertiary/aromatic N) is 2. The number of hydrogen-bond acceptors (Lipinski definition) is 6. The third-order valence-corrected chi connectivity index (χ3v) is 5.13. The van der Waals surface area contributed by atoms with E-state index in [-0.39, 0.29) is 5.78 Å². The molecule has 0 aliphatic carbocycles. The molecule has 150 valence electrons. The summed E-state index contributed by atoms with van der Waals surface area (Å²) in [7, 11) is 1.56. The molecular weight excluding hydrogens is 380 g/mol. The van der Waals surface area contributed by atoms with Crippen molar-refractivity contribution in [3.63, 3.8) is 0 Å². The molecule has 3 aromatic rings. The number of benzene rings is 2. The monoisotopic (exact) mass is 400 g/mol. The fourth-order valence-electron chi connectivity index (χ4n) is 3.56. The van der Waals surface area contributed by atoms with Crippen LogP contribution in [0.1, 0.15) is 45.1 Å². The van der Waals surface area contributed by atoms with Crippen LogP contribution in [-0.4, -0.2) is 24.5 Å². The molecule has 0 spiro atoms. The van der Waals surface area contributed by atoms with Gasteiger partial charge >= 0.3 is 0 Å². The van der Waals surface area contributed by atoms with Crippen LogP contribution in [0.5, 0.6) is 17.2 Å². The normalized spacial score (nSPS) is 13.6. The van der Waals surface area contributed by atoms with Crippen molar-refractivity contribution in [3.8, 4) is 23.3 Å². The second kappa shape index (κ2) is 8.26. The highest BCUT2D eigenvalue weighted by Crippen LogP contribution is 2.39. The van der Waals surface area contributed by atoms with Gasteiger partial charge in [0.05, 0.1) is 30.9 Å². The van der Waals surface area contributed by atoms with Crippen LogP contribution >= 0.6 is 0 Å². The van der Waals surface area contributed by atoms with Gasteiger partial charge in [0, 0.05) is 35.5 Å². The Morgan fingerprint density at radius 3 is 2.67 bits per heavy atom. The van der Waals surface area contributed by atoms with Crippen LogP contribution in [0.4, 0.5) is 0 Å². The summed E-state index contributed by atoms with van der Waals surface area (Å²) in [5.41, 5.74) is 3.51. The third-order valence-electron chi connectivity index (χ3n) is 5.13. The van der Waals surface area contributed by atoms with Crippen LogP contribution in [0.3, 0.4) is 0 Å². The Bertz CT molecular complexity index is 1140. The summed E-state index contributed by atoms with van der Waals surface area (Å²) < 4.78 is 17.8. The van der Waals surface area contributed by atoms with Crippen LogP contribution in [-0.2, 0) is 0 Å². The van der Waals surface area contributed by atoms with Crippen LogP contribution in [0, 0.1) is 18.3 Å². The van der Waals surface area contributed by atoms with E-state index in [1.165, 1.54) is 0 Å². The van der Waals surface area contributed by atoms with E-state index in [2.05, 4.69) is 11.1 Å². The fraction of sp³-hybridized carbons (Fsp3) is 0.208. The van der Waals surface area contributed by atoms with Gasteiger partial charge in [-0.2, -0.15) is 5.26 Å². The van der Waals surface area contributed by atoms with Gasteiger partial charge in [-0.05, 0) is 49.4 Å². The molecule has 2 aromatic carbocycles. The smallest absolute Gasteiger partial charge is 0.170 e. The SMILES string of the molecule is COc1cc(C#N)ccc1[C@H](Oc1ccc2c(c1C)OCCC2=O)c1ccncc1. The van der Waals surface area contributed by atoms with Gasteiger partial charge in [-0.3, -0.25) is 9.78 Å². The highest BCUT2D eigenvalue weighted by molar-refractivity contribution is 6.00. The standard InChI is InChI=1S/C24H20N2O4/c1-15-21(6-5-18-20(27)9-12-29-23(15)18)30-24(17-7-10-26-11-8-17)19-4-3-16(14-25)13-22(19)28-2/h3-8,10-11,13,24H,9,12H2,1-2H3/t24-/m1/s1. The molecule has 1 aliphatic rings. The van der Waals surface area contributed by atoms with Crippen molar-refractivity contribution in [2.75, 3.05) is 13.7 Å². The molecule has 0 amide bonds. The number of ether oxygens (including phenoxy) is 3. The first-order chi connectivity index (χ1) is 14.6. The number of carbonyl (C=O) groups is 1. The number of Topliss-reactive ketones (excluding diaryl/α,β-unsaturated/α-hetero) is 1. The number of nitriles is 1. The Morgan fingerprint density at radius 1 is 1.13 bits per heavy atom. The molecule has 0 saturated heterocycles. The fourth-order valence-corrected chi connectivity index (χ4v) is 3.56. The second-order valence-electron chi connectivity index (χ2n) is 6.93. The Hall–Kier alpha value is -3.85. The van der Waals surface area contributed by atoms with Crippen LogP contribution in [0.25, 0.3) is 0 Å². The lowest BCUT2D eigenvalue weighted by Crippen LogP contribution is -2.17. The highest BCUT2D eigenvalue weighted by atomic mass is 16.5. The summed E-state index contributed by atoms with van der Waals surface area (Å²) in [6, 6.07) is 14.7. The van der Waals surface area contributed by atoms with Crippen molar-refractivity contribution in [2.24, 2.45) is 0 Å². The molecule has 6 heteroatoms. The molecule has 0 N–H and O–H groups in total. The van der Waals surface area contributed by atoms with Crippen molar-refractivity contribution in [3.05, 3.63) is 82.7 Å². The van der Waals surface area contributed by atoms with Crippen molar-refractivity contribution in [1.29, 1.82) is 5.26 Å². The van der Waals surface area contributed by atoms with Crippen molar-refractivity contribution in [2.45, 2.75) is 19.4 Å². The van der Waals surface area contributed by atoms with Gasteiger partial charge in [0.2, 0.25) is 0 Å². The predicted octanol–water partition coefficient (Wildman–Crippen LogP) is 4.40. The quantitative estimate of drug-likeness (QED) is 0.631. The summed E-state index contributed by atoms with van der Waals surface area (Å²) >= 11 is 0. The van der Waals surface area contributed by atoms with Crippen molar-refractivity contribution in [1.82, 2.24) is 4.98 Å². The lowest BCUT2D eigenvalue weighted by Gasteiger charge is -2.25. The first kappa shape index (κ1) is 19.5. The average Bonchev–Trinajstić information content (AvgIpc) is 2.79. The number of ketones is 1. The average molecular weight is 400 g/mol. The maximum atomic E-state index is 12.2. The van der Waals surface area contributed by atoms with Crippen LogP contribution in [0.2, 0.25) is 0 Å². The van der Waals surface area contributed by atoms with Gasteiger partial charge in [0.15, 0.2) is 11.9 Å². The third kappa shape index (κ3) is 3.58. The Kier molecular flexibility index (Phi) is 5.36. The number of fused-ring (bicyclic) bond motifs is 1. The Morgan fingerprint density at radius 2 is 1.93 bits per heavy atom. The number of hydrogen-bond donors (Lipinski definition) is 0. The van der Waals surface area contributed by atoms with E-state index in [1.54, 1.807) is 43.8 Å². The summed E-state index contributed by atoms with van der Waals surface area (Å²) in [5, 5.41) is 9.22. The molecule has 0 unspecified atom stereocenters. The molecule has 6 nitrogen and oxygen atoms in total. The summed E-state index contributed by atoms with van der Waals surface area (Å²) in [6.45, 7) is 2.25. The molecule has 4 rings (SSSR count). The van der Waals surface area contributed by atoms with Crippen LogP contribution in [0.15, 0.2) is 54.9 Å². The summed E-state index contributed by atoms with van der Waals surface area (Å²) in [5.74, 6) is 1.81. The molecule has 0 bridgehead atoms. The van der Waals surface area contributed by atoms with E-state index >= 15 is 0 Å². The van der Waals surface area contributed by atoms with Gasteiger partial charge in [0.25, 0.3) is 0 Å². The minimum atomic E-state index is -0.508. The van der Waals surface area contributed by atoms with Gasteiger partial charge in [-0.25, -0.2) is 0 Å². The van der Waals surface area contributed by atoms with Crippen molar-refractivity contribution < 1.29 is 19.0 Å². The number of carbonyl (C=O) groups excluding carboxylic acids is 1. The molecule has 0 saturated carbocycles. The number of aromatic nitrogens is 1. The lowest BCUT2D eigenvalue weighted by atomic mass is 9.98. The number of rotatable bonds is 5. The van der Waals surface area contributed by atoms with E-state index in [0.717, 1.165) is 16.7 Å². The molecule has 30 heavy (non-hydrogen) atoms. The molecule has 1 aromatic heterocycles. The maximum absolute atomic E-state index is 12.2. The molecule has 2 heterocycles.